The number of benzene rings is 1. The van der Waals surface area contributed by atoms with Gasteiger partial charge < -0.3 is 5.11 Å². The second kappa shape index (κ2) is 6.54. The van der Waals surface area contributed by atoms with Gasteiger partial charge in [-0.15, -0.1) is 11.3 Å². The number of thiophene rings is 1. The second-order valence-corrected chi connectivity index (χ2v) is 10.7. The summed E-state index contributed by atoms with van der Waals surface area (Å²) in [7, 11) is 0. The molecule has 1 saturated carbocycles. The molecule has 2 aliphatic carbocycles. The van der Waals surface area contributed by atoms with E-state index in [2.05, 4.69) is 82.9 Å². The molecule has 0 bridgehead atoms. The highest BCUT2D eigenvalue weighted by molar-refractivity contribution is 14.1. The first-order valence-electron chi connectivity index (χ1n) is 9.68. The monoisotopic (exact) mass is 502 g/mol. The van der Waals surface area contributed by atoms with Gasteiger partial charge in [-0.3, -0.25) is 0 Å². The summed E-state index contributed by atoms with van der Waals surface area (Å²) < 4.78 is 3.28. The zero-order valence-electron chi connectivity index (χ0n) is 16.0. The van der Waals surface area contributed by atoms with Gasteiger partial charge in [0.2, 0.25) is 0 Å². The molecular formula is C23H23IN2OS. The Kier molecular flexibility index (Phi) is 4.34. The molecule has 5 heteroatoms. The Morgan fingerprint density at radius 1 is 1.21 bits per heavy atom. The molecule has 5 rings (SSSR count). The quantitative estimate of drug-likeness (QED) is 0.445. The molecule has 3 aromatic rings. The van der Waals surface area contributed by atoms with Gasteiger partial charge in [-0.05, 0) is 89.2 Å². The van der Waals surface area contributed by atoms with Crippen molar-refractivity contribution in [3.05, 3.63) is 73.3 Å². The Bertz CT molecular complexity index is 1050. The maximum Gasteiger partial charge on any atom is 0.0943 e. The Balaban J connectivity index is 1.56. The maximum absolute atomic E-state index is 11.3. The molecule has 0 unspecified atom stereocenters. The van der Waals surface area contributed by atoms with Crippen LogP contribution in [0.2, 0.25) is 0 Å². The summed E-state index contributed by atoms with van der Waals surface area (Å²) in [5, 5.41) is 18.1. The average molecular weight is 502 g/mol. The molecule has 1 N–H and O–H groups in total. The molecule has 2 aromatic heterocycles. The fourth-order valence-corrected chi connectivity index (χ4v) is 6.29. The van der Waals surface area contributed by atoms with Crippen molar-refractivity contribution in [3.63, 3.8) is 0 Å². The molecule has 0 spiro atoms. The van der Waals surface area contributed by atoms with Crippen LogP contribution in [0.5, 0.6) is 0 Å². The van der Waals surface area contributed by atoms with Gasteiger partial charge in [-0.25, -0.2) is 4.68 Å². The van der Waals surface area contributed by atoms with Gasteiger partial charge >= 0.3 is 0 Å². The zero-order valence-corrected chi connectivity index (χ0v) is 19.0. The minimum atomic E-state index is -0.434. The maximum atomic E-state index is 11.3. The van der Waals surface area contributed by atoms with Crippen molar-refractivity contribution < 1.29 is 5.11 Å². The highest BCUT2D eigenvalue weighted by Gasteiger charge is 2.57. The third kappa shape index (κ3) is 2.59. The molecular weight excluding hydrogens is 479 g/mol. The van der Waals surface area contributed by atoms with Crippen molar-refractivity contribution in [3.8, 4) is 5.69 Å². The van der Waals surface area contributed by atoms with E-state index in [9.17, 15) is 5.11 Å². The largest absolute Gasteiger partial charge is 0.387 e. The number of rotatable bonds is 3. The summed E-state index contributed by atoms with van der Waals surface area (Å²) in [4.78, 5) is 1.07. The first kappa shape index (κ1) is 18.6. The lowest BCUT2D eigenvalue weighted by Crippen LogP contribution is -2.41. The van der Waals surface area contributed by atoms with Crippen LogP contribution in [0.1, 0.15) is 48.9 Å². The van der Waals surface area contributed by atoms with E-state index in [0.29, 0.717) is 0 Å². The van der Waals surface area contributed by atoms with Crippen molar-refractivity contribution in [1.29, 1.82) is 0 Å². The van der Waals surface area contributed by atoms with Crippen LogP contribution in [0, 0.1) is 14.4 Å². The zero-order chi connectivity index (χ0) is 19.5. The van der Waals surface area contributed by atoms with E-state index in [-0.39, 0.29) is 10.8 Å². The number of hydrogen-bond donors (Lipinski definition) is 1. The number of hydrogen-bond acceptors (Lipinski definition) is 3. The van der Waals surface area contributed by atoms with Crippen molar-refractivity contribution in [1.82, 2.24) is 9.78 Å². The van der Waals surface area contributed by atoms with Crippen LogP contribution >= 0.6 is 33.9 Å². The van der Waals surface area contributed by atoms with E-state index < -0.39 is 6.10 Å². The fourth-order valence-electron chi connectivity index (χ4n) is 5.07. The minimum Gasteiger partial charge on any atom is -0.387 e. The summed E-state index contributed by atoms with van der Waals surface area (Å²) in [5.74, 6) is 0. The molecule has 2 aliphatic rings. The van der Waals surface area contributed by atoms with Crippen LogP contribution in [-0.2, 0) is 6.42 Å². The Morgan fingerprint density at radius 2 is 2.00 bits per heavy atom. The van der Waals surface area contributed by atoms with Gasteiger partial charge in [0, 0.05) is 19.3 Å². The molecule has 2 heterocycles. The molecule has 0 saturated heterocycles. The summed E-state index contributed by atoms with van der Waals surface area (Å²) in [6.45, 7) is 4.61. The van der Waals surface area contributed by atoms with Crippen molar-refractivity contribution in [2.45, 2.75) is 39.2 Å². The molecule has 1 fully saturated rings. The van der Waals surface area contributed by atoms with Crippen molar-refractivity contribution >= 4 is 40.0 Å². The molecule has 3 nitrogen and oxygen atoms in total. The van der Waals surface area contributed by atoms with Gasteiger partial charge in [0.15, 0.2) is 0 Å². The third-order valence-electron chi connectivity index (χ3n) is 7.11. The Labute approximate surface area is 183 Å². The van der Waals surface area contributed by atoms with Gasteiger partial charge in [-0.1, -0.05) is 25.5 Å². The lowest BCUT2D eigenvalue weighted by molar-refractivity contribution is -0.0255. The first-order chi connectivity index (χ1) is 13.4. The smallest absolute Gasteiger partial charge is 0.0943 e. The van der Waals surface area contributed by atoms with Crippen LogP contribution in [0.3, 0.4) is 0 Å². The van der Waals surface area contributed by atoms with E-state index >= 15 is 0 Å². The van der Waals surface area contributed by atoms with E-state index in [1.54, 1.807) is 11.3 Å². The van der Waals surface area contributed by atoms with Gasteiger partial charge in [0.25, 0.3) is 0 Å². The SMILES string of the molecule is C[C@]12Cc3cnn(-c4ccc(I)cc4)c3C=C1CC[C@]2(C)[C@@H](O)c1cccs1. The number of aliphatic hydroxyl groups excluding tert-OH is 1. The Hall–Kier alpha value is -1.44. The normalized spacial score (nSPS) is 27.2. The van der Waals surface area contributed by atoms with E-state index in [4.69, 9.17) is 5.10 Å². The Morgan fingerprint density at radius 3 is 2.71 bits per heavy atom. The van der Waals surface area contributed by atoms with Crippen LogP contribution in [0.25, 0.3) is 11.8 Å². The lowest BCUT2D eigenvalue weighted by Gasteiger charge is -2.46. The highest BCUT2D eigenvalue weighted by Crippen LogP contribution is 2.64. The average Bonchev–Trinajstić information content (AvgIpc) is 3.40. The molecule has 3 atom stereocenters. The first-order valence-corrected chi connectivity index (χ1v) is 11.6. The highest BCUT2D eigenvalue weighted by atomic mass is 127. The molecule has 1 aromatic carbocycles. The summed E-state index contributed by atoms with van der Waals surface area (Å²) in [6, 6.07) is 12.6. The second-order valence-electron chi connectivity index (χ2n) is 8.46. The van der Waals surface area contributed by atoms with Gasteiger partial charge in [0.1, 0.15) is 0 Å². The summed E-state index contributed by atoms with van der Waals surface area (Å²) >= 11 is 3.99. The van der Waals surface area contributed by atoms with Crippen LogP contribution in [0.4, 0.5) is 0 Å². The summed E-state index contributed by atoms with van der Waals surface area (Å²) in [5.41, 5.74) is 4.79. The van der Waals surface area contributed by atoms with Crippen LogP contribution in [-0.4, -0.2) is 14.9 Å². The van der Waals surface area contributed by atoms with Crippen molar-refractivity contribution in [2.75, 3.05) is 0 Å². The molecule has 0 amide bonds. The van der Waals surface area contributed by atoms with E-state index in [0.717, 1.165) is 29.8 Å². The number of nitrogens with zero attached hydrogens (tertiary/aromatic N) is 2. The lowest BCUT2D eigenvalue weighted by atomic mass is 9.59. The predicted octanol–water partition coefficient (Wildman–Crippen LogP) is 6.02. The number of aromatic nitrogens is 2. The number of halogens is 1. The van der Waals surface area contributed by atoms with Gasteiger partial charge in [-0.2, -0.15) is 5.10 Å². The molecule has 28 heavy (non-hydrogen) atoms. The standard InChI is InChI=1S/C23H23IN2OS/c1-22(21(27)20-4-3-11-28-20)10-9-16-12-19-15(13-23(16,22)2)14-25-26(19)18-7-5-17(24)6-8-18/h3-8,11-12,14,21,27H,9-10,13H2,1-2H3/t21-,22+,23-/m0/s1. The van der Waals surface area contributed by atoms with Crippen molar-refractivity contribution in [2.24, 2.45) is 10.8 Å². The van der Waals surface area contributed by atoms with E-state index in [1.165, 1.54) is 20.4 Å². The predicted molar refractivity (Wildman–Crippen MR) is 123 cm³/mol. The number of allylic oxidation sites excluding steroid dienone is 1. The number of fused-ring (bicyclic) bond motifs is 2. The fraction of sp³-hybridized carbons (Fsp3) is 0.348. The van der Waals surface area contributed by atoms with Crippen LogP contribution < -0.4 is 0 Å². The molecule has 0 aliphatic heterocycles. The summed E-state index contributed by atoms with van der Waals surface area (Å²) in [6.07, 6.45) is 6.90. The number of aliphatic hydroxyl groups is 1. The minimum absolute atomic E-state index is 0.0522. The molecule has 144 valence electrons. The van der Waals surface area contributed by atoms with E-state index in [1.807, 2.05) is 12.3 Å². The van der Waals surface area contributed by atoms with Crippen LogP contribution in [0.15, 0.2) is 53.5 Å². The van der Waals surface area contributed by atoms with Gasteiger partial charge in [0.05, 0.1) is 23.7 Å². The third-order valence-corrected chi connectivity index (χ3v) is 8.76. The molecule has 0 radical (unpaired) electrons. The topological polar surface area (TPSA) is 38.0 Å².